The molecule has 1 atom stereocenters. The number of amides is 2. The minimum atomic E-state index is -0.480. The summed E-state index contributed by atoms with van der Waals surface area (Å²) in [4.78, 5) is 29.8. The van der Waals surface area contributed by atoms with Crippen LogP contribution in [0, 0.1) is 19.8 Å². The van der Waals surface area contributed by atoms with Crippen molar-refractivity contribution in [1.29, 1.82) is 0 Å². The highest BCUT2D eigenvalue weighted by atomic mass is 35.5. The molecule has 4 rings (SSSR count). The molecule has 0 aliphatic carbocycles. The lowest BCUT2D eigenvalue weighted by Gasteiger charge is -2.17. The van der Waals surface area contributed by atoms with Crippen LogP contribution in [0.1, 0.15) is 17.5 Å². The van der Waals surface area contributed by atoms with E-state index in [1.165, 1.54) is 0 Å². The Morgan fingerprint density at radius 3 is 2.78 bits per heavy atom. The predicted molar refractivity (Wildman–Crippen MR) is 104 cm³/mol. The van der Waals surface area contributed by atoms with Crippen molar-refractivity contribution in [3.8, 4) is 11.5 Å². The van der Waals surface area contributed by atoms with E-state index in [0.717, 1.165) is 16.6 Å². The highest BCUT2D eigenvalue weighted by molar-refractivity contribution is 6.33. The summed E-state index contributed by atoms with van der Waals surface area (Å²) in [6, 6.07) is 9.18. The lowest BCUT2D eigenvalue weighted by atomic mass is 10.1. The summed E-state index contributed by atoms with van der Waals surface area (Å²) in [5.74, 6) is -0.698. The Balaban J connectivity index is 1.77. The van der Waals surface area contributed by atoms with Crippen molar-refractivity contribution >= 4 is 40.2 Å². The van der Waals surface area contributed by atoms with E-state index in [0.29, 0.717) is 27.7 Å². The third kappa shape index (κ3) is 3.06. The van der Waals surface area contributed by atoms with Gasteiger partial charge in [0.05, 0.1) is 16.5 Å². The number of primary amides is 1. The van der Waals surface area contributed by atoms with Gasteiger partial charge in [0.25, 0.3) is 0 Å². The van der Waals surface area contributed by atoms with Crippen LogP contribution in [0.4, 0.5) is 5.69 Å². The van der Waals surface area contributed by atoms with E-state index in [1.54, 1.807) is 23.1 Å². The highest BCUT2D eigenvalue weighted by Crippen LogP contribution is 2.35. The summed E-state index contributed by atoms with van der Waals surface area (Å²) >= 11 is 6.37. The molecule has 7 heteroatoms. The molecule has 1 aliphatic rings. The minimum Gasteiger partial charge on any atom is -0.436 e. The Bertz CT molecular complexity index is 1090. The molecule has 6 nitrogen and oxygen atoms in total. The molecule has 2 N–H and O–H groups in total. The molecule has 3 aromatic rings. The summed E-state index contributed by atoms with van der Waals surface area (Å²) in [5, 5.41) is 0.470. The van der Waals surface area contributed by atoms with Crippen molar-refractivity contribution in [3.63, 3.8) is 0 Å². The Hall–Kier alpha value is -2.86. The molecule has 1 fully saturated rings. The average molecular weight is 384 g/mol. The number of nitrogens with two attached hydrogens (primary N) is 1. The molecule has 1 aromatic heterocycles. The van der Waals surface area contributed by atoms with E-state index in [2.05, 4.69) is 4.98 Å². The van der Waals surface area contributed by atoms with Crippen LogP contribution in [0.25, 0.3) is 22.6 Å². The molecule has 0 bridgehead atoms. The smallest absolute Gasteiger partial charge is 0.228 e. The maximum Gasteiger partial charge on any atom is 0.228 e. The summed E-state index contributed by atoms with van der Waals surface area (Å²) in [7, 11) is 0. The van der Waals surface area contributed by atoms with Gasteiger partial charge in [-0.05, 0) is 49.2 Å². The first kappa shape index (κ1) is 17.5. The highest BCUT2D eigenvalue weighted by Gasteiger charge is 2.34. The molecule has 138 valence electrons. The van der Waals surface area contributed by atoms with Gasteiger partial charge >= 0.3 is 0 Å². The molecule has 0 saturated carbocycles. The summed E-state index contributed by atoms with van der Waals surface area (Å²) in [6.45, 7) is 4.23. The van der Waals surface area contributed by atoms with Gasteiger partial charge in [-0.15, -0.1) is 0 Å². The molecule has 2 heterocycles. The lowest BCUT2D eigenvalue weighted by molar-refractivity contribution is -0.123. The Morgan fingerprint density at radius 2 is 2.07 bits per heavy atom. The zero-order chi connectivity index (χ0) is 19.3. The lowest BCUT2D eigenvalue weighted by Crippen LogP contribution is -2.28. The Labute approximate surface area is 160 Å². The number of aryl methyl sites for hydroxylation is 2. The molecule has 2 amide bonds. The van der Waals surface area contributed by atoms with Crippen LogP contribution >= 0.6 is 11.6 Å². The van der Waals surface area contributed by atoms with Crippen molar-refractivity contribution < 1.29 is 14.0 Å². The first-order valence-electron chi connectivity index (χ1n) is 8.61. The fraction of sp³-hybridized carbons (Fsp3) is 0.250. The van der Waals surface area contributed by atoms with Gasteiger partial charge in [0.15, 0.2) is 5.58 Å². The first-order valence-corrected chi connectivity index (χ1v) is 8.98. The molecular formula is C20H18ClN3O3. The van der Waals surface area contributed by atoms with Gasteiger partial charge in [0, 0.05) is 18.7 Å². The summed E-state index contributed by atoms with van der Waals surface area (Å²) < 4.78 is 5.95. The second kappa shape index (κ2) is 6.39. The molecule has 27 heavy (non-hydrogen) atoms. The van der Waals surface area contributed by atoms with Crippen LogP contribution in [0.2, 0.25) is 5.02 Å². The van der Waals surface area contributed by atoms with Gasteiger partial charge in [0.1, 0.15) is 5.52 Å². The Kier molecular flexibility index (Phi) is 4.15. The second-order valence-corrected chi connectivity index (χ2v) is 7.33. The number of oxazole rings is 1. The van der Waals surface area contributed by atoms with E-state index >= 15 is 0 Å². The number of hydrogen-bond donors (Lipinski definition) is 1. The molecule has 1 saturated heterocycles. The number of hydrogen-bond acceptors (Lipinski definition) is 4. The number of carbonyl (C=O) groups excluding carboxylic acids is 2. The summed E-state index contributed by atoms with van der Waals surface area (Å²) in [5.41, 5.74) is 10.1. The zero-order valence-electron chi connectivity index (χ0n) is 15.0. The molecule has 0 spiro atoms. The molecule has 0 unspecified atom stereocenters. The molecule has 0 radical (unpaired) electrons. The van der Waals surface area contributed by atoms with E-state index in [-0.39, 0.29) is 18.9 Å². The van der Waals surface area contributed by atoms with Gasteiger partial charge in [-0.1, -0.05) is 17.7 Å². The topological polar surface area (TPSA) is 89.4 Å². The average Bonchev–Trinajstić information content (AvgIpc) is 3.19. The monoisotopic (exact) mass is 383 g/mol. The number of anilines is 1. The van der Waals surface area contributed by atoms with Crippen molar-refractivity contribution in [3.05, 3.63) is 46.5 Å². The maximum atomic E-state index is 12.3. The minimum absolute atomic E-state index is 0.120. The normalized spacial score (nSPS) is 17.1. The summed E-state index contributed by atoms with van der Waals surface area (Å²) in [6.07, 6.45) is 0.120. The third-order valence-corrected chi connectivity index (χ3v) is 5.17. The largest absolute Gasteiger partial charge is 0.436 e. The van der Waals surface area contributed by atoms with Crippen LogP contribution in [0.3, 0.4) is 0 Å². The van der Waals surface area contributed by atoms with Crippen LogP contribution in [0.5, 0.6) is 0 Å². The number of benzene rings is 2. The predicted octanol–water partition coefficient (Wildman–Crippen LogP) is 3.60. The van der Waals surface area contributed by atoms with E-state index in [9.17, 15) is 9.59 Å². The van der Waals surface area contributed by atoms with Gasteiger partial charge < -0.3 is 15.1 Å². The first-order chi connectivity index (χ1) is 12.8. The number of nitrogens with zero attached hydrogens (tertiary/aromatic N) is 2. The van der Waals surface area contributed by atoms with E-state index < -0.39 is 11.8 Å². The number of halogens is 1. The van der Waals surface area contributed by atoms with Crippen LogP contribution < -0.4 is 10.6 Å². The van der Waals surface area contributed by atoms with Crippen LogP contribution in [-0.2, 0) is 9.59 Å². The SMILES string of the molecule is Cc1cc(C)c2oc(-c3cc(N4C[C@@H](C(N)=O)CC4=O)ccc3Cl)nc2c1. The number of aromatic nitrogens is 1. The van der Waals surface area contributed by atoms with E-state index in [4.69, 9.17) is 21.8 Å². The maximum absolute atomic E-state index is 12.3. The zero-order valence-corrected chi connectivity index (χ0v) is 15.7. The van der Waals surface area contributed by atoms with Crippen molar-refractivity contribution in [2.45, 2.75) is 20.3 Å². The van der Waals surface area contributed by atoms with Gasteiger partial charge in [-0.3, -0.25) is 9.59 Å². The molecular weight excluding hydrogens is 366 g/mol. The Morgan fingerprint density at radius 1 is 1.30 bits per heavy atom. The second-order valence-electron chi connectivity index (χ2n) is 6.92. The third-order valence-electron chi connectivity index (χ3n) is 4.84. The van der Waals surface area contributed by atoms with Crippen LogP contribution in [0.15, 0.2) is 34.7 Å². The standard InChI is InChI=1S/C20H18ClN3O3/c1-10-5-11(2)18-16(6-10)23-20(27-18)14-8-13(3-4-15(14)21)24-9-12(19(22)26)7-17(24)25/h3-6,8,12H,7,9H2,1-2H3,(H2,22,26)/t12-/m0/s1. The van der Waals surface area contributed by atoms with Crippen molar-refractivity contribution in [2.75, 3.05) is 11.4 Å². The fourth-order valence-corrected chi connectivity index (χ4v) is 3.68. The molecule has 1 aliphatic heterocycles. The molecule has 2 aromatic carbocycles. The quantitative estimate of drug-likeness (QED) is 0.748. The van der Waals surface area contributed by atoms with Crippen LogP contribution in [-0.4, -0.2) is 23.3 Å². The van der Waals surface area contributed by atoms with Gasteiger partial charge in [-0.2, -0.15) is 0 Å². The number of rotatable bonds is 3. The van der Waals surface area contributed by atoms with E-state index in [1.807, 2.05) is 26.0 Å². The van der Waals surface area contributed by atoms with Crippen molar-refractivity contribution in [1.82, 2.24) is 4.98 Å². The van der Waals surface area contributed by atoms with Gasteiger partial charge in [-0.25, -0.2) is 4.98 Å². The number of carbonyl (C=O) groups is 2. The fourth-order valence-electron chi connectivity index (χ4n) is 3.48. The van der Waals surface area contributed by atoms with Gasteiger partial charge in [0.2, 0.25) is 17.7 Å². The van der Waals surface area contributed by atoms with Crippen molar-refractivity contribution in [2.24, 2.45) is 11.7 Å². The number of fused-ring (bicyclic) bond motifs is 1.